The number of amides is 1. The Kier molecular flexibility index (Phi) is 2.75. The van der Waals surface area contributed by atoms with Gasteiger partial charge in [0.2, 0.25) is 5.91 Å². The van der Waals surface area contributed by atoms with Crippen LogP contribution in [0.3, 0.4) is 0 Å². The smallest absolute Gasteiger partial charge is 0.248 e. The Bertz CT molecular complexity index is 540. The third-order valence-electron chi connectivity index (χ3n) is 2.85. The van der Waals surface area contributed by atoms with Crippen molar-refractivity contribution in [3.05, 3.63) is 53.9 Å². The number of hydrogen-bond donors (Lipinski definition) is 1. The number of carbonyl (C=O) groups excluding carboxylic acids is 1. The van der Waals surface area contributed by atoms with E-state index < -0.39 is 11.3 Å². The van der Waals surface area contributed by atoms with Gasteiger partial charge < -0.3 is 5.73 Å². The van der Waals surface area contributed by atoms with Gasteiger partial charge in [0.05, 0.1) is 6.07 Å². The number of carbonyl (C=O) groups is 1. The maximum atomic E-state index is 11.0. The highest BCUT2D eigenvalue weighted by atomic mass is 16.1. The molecule has 1 aromatic rings. The Hall–Kier alpha value is -2.41. The van der Waals surface area contributed by atoms with Crippen molar-refractivity contribution < 1.29 is 4.79 Å². The van der Waals surface area contributed by atoms with Gasteiger partial charge in [-0.3, -0.25) is 9.78 Å². The minimum Gasteiger partial charge on any atom is -0.366 e. The number of nitrogens with two attached hydrogens (primary N) is 1. The predicted octanol–water partition coefficient (Wildman–Crippen LogP) is 1.21. The molecule has 1 unspecified atom stereocenters. The standard InChI is InChI=1S/C13H11N3O/c14-9-13(11-2-1-7-16-8-11)5-3-10(4-6-13)12(15)17/h1-5,7-8H,6H2,(H2,15,17). The molecule has 4 nitrogen and oxygen atoms in total. The van der Waals surface area contributed by atoms with E-state index in [2.05, 4.69) is 11.1 Å². The van der Waals surface area contributed by atoms with Crippen LogP contribution < -0.4 is 5.73 Å². The van der Waals surface area contributed by atoms with Gasteiger partial charge in [0, 0.05) is 18.0 Å². The van der Waals surface area contributed by atoms with Crippen LogP contribution in [0.4, 0.5) is 0 Å². The van der Waals surface area contributed by atoms with Crippen LogP contribution in [-0.4, -0.2) is 10.9 Å². The largest absolute Gasteiger partial charge is 0.366 e. The molecule has 1 amide bonds. The van der Waals surface area contributed by atoms with Gasteiger partial charge in [0.1, 0.15) is 5.41 Å². The Balaban J connectivity index is 2.37. The van der Waals surface area contributed by atoms with Crippen molar-refractivity contribution in [2.24, 2.45) is 5.73 Å². The van der Waals surface area contributed by atoms with Crippen molar-refractivity contribution in [2.75, 3.05) is 0 Å². The van der Waals surface area contributed by atoms with E-state index in [4.69, 9.17) is 5.73 Å². The zero-order valence-corrected chi connectivity index (χ0v) is 9.13. The Morgan fingerprint density at radius 1 is 1.59 bits per heavy atom. The van der Waals surface area contributed by atoms with Crippen LogP contribution in [0, 0.1) is 11.3 Å². The summed E-state index contributed by atoms with van der Waals surface area (Å²) in [4.78, 5) is 15.0. The molecule has 0 bridgehead atoms. The summed E-state index contributed by atoms with van der Waals surface area (Å²) >= 11 is 0. The molecule has 0 fully saturated rings. The lowest BCUT2D eigenvalue weighted by atomic mass is 9.76. The van der Waals surface area contributed by atoms with Crippen LogP contribution in [0.5, 0.6) is 0 Å². The van der Waals surface area contributed by atoms with Gasteiger partial charge in [-0.1, -0.05) is 24.3 Å². The molecule has 1 atom stereocenters. The Morgan fingerprint density at radius 3 is 2.88 bits per heavy atom. The van der Waals surface area contributed by atoms with E-state index in [1.54, 1.807) is 36.7 Å². The summed E-state index contributed by atoms with van der Waals surface area (Å²) in [6, 6.07) is 5.91. The minimum atomic E-state index is -0.743. The van der Waals surface area contributed by atoms with Crippen molar-refractivity contribution in [1.82, 2.24) is 4.98 Å². The fourth-order valence-corrected chi connectivity index (χ4v) is 1.81. The third kappa shape index (κ3) is 1.95. The second-order valence-corrected chi connectivity index (χ2v) is 3.89. The minimum absolute atomic E-state index is 0.434. The van der Waals surface area contributed by atoms with Crippen LogP contribution in [0.15, 0.2) is 48.3 Å². The molecule has 1 aliphatic carbocycles. The topological polar surface area (TPSA) is 79.8 Å². The molecule has 1 heterocycles. The average Bonchev–Trinajstić information content (AvgIpc) is 2.40. The molecule has 4 heteroatoms. The van der Waals surface area contributed by atoms with Gasteiger partial charge >= 0.3 is 0 Å². The highest BCUT2D eigenvalue weighted by Gasteiger charge is 2.31. The van der Waals surface area contributed by atoms with Crippen LogP contribution >= 0.6 is 0 Å². The number of nitriles is 1. The van der Waals surface area contributed by atoms with E-state index in [9.17, 15) is 10.1 Å². The molecular weight excluding hydrogens is 214 g/mol. The van der Waals surface area contributed by atoms with Gasteiger partial charge in [-0.05, 0) is 18.1 Å². The number of nitrogens with zero attached hydrogens (tertiary/aromatic N) is 2. The molecule has 0 aliphatic heterocycles. The normalized spacial score (nSPS) is 22.6. The van der Waals surface area contributed by atoms with E-state index in [1.807, 2.05) is 6.07 Å². The Morgan fingerprint density at radius 2 is 2.41 bits per heavy atom. The zero-order valence-electron chi connectivity index (χ0n) is 9.13. The van der Waals surface area contributed by atoms with E-state index >= 15 is 0 Å². The number of primary amides is 1. The van der Waals surface area contributed by atoms with Gasteiger partial charge in [0.15, 0.2) is 0 Å². The van der Waals surface area contributed by atoms with Crippen LogP contribution in [0.2, 0.25) is 0 Å². The zero-order chi connectivity index (χ0) is 12.3. The fraction of sp³-hybridized carbons (Fsp3) is 0.154. The SMILES string of the molecule is N#CC1(c2cccnc2)C=CC(C(N)=O)=CC1. The molecule has 0 spiro atoms. The summed E-state index contributed by atoms with van der Waals surface area (Å²) in [5.41, 5.74) is 5.70. The predicted molar refractivity (Wildman–Crippen MR) is 62.6 cm³/mol. The summed E-state index contributed by atoms with van der Waals surface area (Å²) < 4.78 is 0. The molecule has 0 saturated heterocycles. The third-order valence-corrected chi connectivity index (χ3v) is 2.85. The van der Waals surface area contributed by atoms with Crippen LogP contribution in [0.1, 0.15) is 12.0 Å². The molecule has 1 aromatic heterocycles. The van der Waals surface area contributed by atoms with Gasteiger partial charge in [-0.2, -0.15) is 5.26 Å². The summed E-state index contributed by atoms with van der Waals surface area (Å²) in [6.07, 6.45) is 8.76. The van der Waals surface area contributed by atoms with Crippen molar-refractivity contribution in [3.63, 3.8) is 0 Å². The van der Waals surface area contributed by atoms with Crippen molar-refractivity contribution in [1.29, 1.82) is 5.26 Å². The van der Waals surface area contributed by atoms with E-state index in [-0.39, 0.29) is 0 Å². The molecule has 0 radical (unpaired) electrons. The summed E-state index contributed by atoms with van der Waals surface area (Å²) in [5, 5.41) is 9.35. The van der Waals surface area contributed by atoms with Gasteiger partial charge in [-0.15, -0.1) is 0 Å². The van der Waals surface area contributed by atoms with Crippen LogP contribution in [0.25, 0.3) is 0 Å². The summed E-state index contributed by atoms with van der Waals surface area (Å²) in [5.74, 6) is -0.473. The van der Waals surface area contributed by atoms with Gasteiger partial charge in [-0.25, -0.2) is 0 Å². The second kappa shape index (κ2) is 4.22. The highest BCUT2D eigenvalue weighted by Crippen LogP contribution is 2.32. The molecule has 1 aliphatic rings. The van der Waals surface area contributed by atoms with E-state index in [0.717, 1.165) is 5.56 Å². The number of hydrogen-bond acceptors (Lipinski definition) is 3. The lowest BCUT2D eigenvalue weighted by Gasteiger charge is -2.24. The quantitative estimate of drug-likeness (QED) is 0.821. The highest BCUT2D eigenvalue weighted by molar-refractivity contribution is 5.95. The van der Waals surface area contributed by atoms with E-state index in [0.29, 0.717) is 12.0 Å². The summed E-state index contributed by atoms with van der Waals surface area (Å²) in [7, 11) is 0. The first-order chi connectivity index (χ1) is 8.18. The Labute approximate surface area is 99.1 Å². The van der Waals surface area contributed by atoms with Crippen LogP contribution in [-0.2, 0) is 10.2 Å². The van der Waals surface area contributed by atoms with Crippen molar-refractivity contribution in [3.8, 4) is 6.07 Å². The molecule has 17 heavy (non-hydrogen) atoms. The molecular formula is C13H11N3O. The molecule has 0 saturated carbocycles. The molecule has 2 rings (SSSR count). The molecule has 2 N–H and O–H groups in total. The number of allylic oxidation sites excluding steroid dienone is 2. The first kappa shape index (κ1) is 11.1. The first-order valence-corrected chi connectivity index (χ1v) is 5.19. The molecule has 0 aromatic carbocycles. The van der Waals surface area contributed by atoms with Crippen molar-refractivity contribution in [2.45, 2.75) is 11.8 Å². The van der Waals surface area contributed by atoms with E-state index in [1.165, 1.54) is 0 Å². The average molecular weight is 225 g/mol. The fourth-order valence-electron chi connectivity index (χ4n) is 1.81. The van der Waals surface area contributed by atoms with Gasteiger partial charge in [0.25, 0.3) is 0 Å². The second-order valence-electron chi connectivity index (χ2n) is 3.89. The lowest BCUT2D eigenvalue weighted by Crippen LogP contribution is -2.25. The monoisotopic (exact) mass is 225 g/mol. The maximum Gasteiger partial charge on any atom is 0.248 e. The number of aromatic nitrogens is 1. The number of rotatable bonds is 2. The maximum absolute atomic E-state index is 11.0. The van der Waals surface area contributed by atoms with Crippen molar-refractivity contribution >= 4 is 5.91 Å². The lowest BCUT2D eigenvalue weighted by molar-refractivity contribution is -0.114. The number of pyridine rings is 1. The molecule has 84 valence electrons. The summed E-state index contributed by atoms with van der Waals surface area (Å²) in [6.45, 7) is 0. The first-order valence-electron chi connectivity index (χ1n) is 5.19.